The number of unbranched alkanes of at least 4 members (excludes halogenated alkanes) is 1. The summed E-state index contributed by atoms with van der Waals surface area (Å²) in [7, 11) is 1.93. The van der Waals surface area contributed by atoms with Crippen LogP contribution in [0.25, 0.3) is 0 Å². The van der Waals surface area contributed by atoms with E-state index in [2.05, 4.69) is 31.2 Å². The quantitative estimate of drug-likeness (QED) is 0.505. The Morgan fingerprint density at radius 2 is 1.96 bits per heavy atom. The van der Waals surface area contributed by atoms with Crippen LogP contribution in [-0.4, -0.2) is 27.6 Å². The zero-order valence-electron chi connectivity index (χ0n) is 16.3. The summed E-state index contributed by atoms with van der Waals surface area (Å²) in [4.78, 5) is 12.5. The maximum absolute atomic E-state index is 12.5. The lowest BCUT2D eigenvalue weighted by Crippen LogP contribution is -2.40. The number of aromatic nitrogens is 1. The fourth-order valence-corrected chi connectivity index (χ4v) is 3.19. The average molecular weight is 357 g/mol. The number of hydrogen-bond donors (Lipinski definition) is 2. The summed E-state index contributed by atoms with van der Waals surface area (Å²) in [5.74, 6) is 0.195. The van der Waals surface area contributed by atoms with Crippen LogP contribution in [0.2, 0.25) is 0 Å². The minimum Gasteiger partial charge on any atom is -0.394 e. The highest BCUT2D eigenvalue weighted by molar-refractivity contribution is 5.94. The first-order chi connectivity index (χ1) is 12.3. The molecule has 0 aliphatic carbocycles. The second-order valence-corrected chi connectivity index (χ2v) is 7.70. The Morgan fingerprint density at radius 1 is 1.19 bits per heavy atom. The highest BCUT2D eigenvalue weighted by Crippen LogP contribution is 2.17. The third kappa shape index (κ3) is 5.82. The molecule has 0 radical (unpaired) electrons. The van der Waals surface area contributed by atoms with Crippen LogP contribution in [0, 0.1) is 6.92 Å². The number of aliphatic hydroxyl groups is 1. The molecule has 1 atom stereocenters. The molecule has 0 amide bonds. The van der Waals surface area contributed by atoms with Crippen molar-refractivity contribution >= 4 is 5.78 Å². The summed E-state index contributed by atoms with van der Waals surface area (Å²) in [6, 6.07) is 12.5. The van der Waals surface area contributed by atoms with Crippen molar-refractivity contribution in [1.82, 2.24) is 4.57 Å². The zero-order chi connectivity index (χ0) is 19.2. The fraction of sp³-hybridized carbons (Fsp3) is 0.500. The van der Waals surface area contributed by atoms with E-state index in [0.717, 1.165) is 37.1 Å². The Balaban J connectivity index is 1.82. The molecule has 0 saturated heterocycles. The van der Waals surface area contributed by atoms with Gasteiger partial charge in [-0.3, -0.25) is 4.79 Å². The number of carbonyl (C=O) groups excluding carboxylic acids is 1. The maximum atomic E-state index is 12.5. The molecule has 0 aliphatic heterocycles. The molecule has 2 aromatic rings. The summed E-state index contributed by atoms with van der Waals surface area (Å²) in [5.41, 5.74) is 9.88. The first-order valence-electron chi connectivity index (χ1n) is 9.45. The largest absolute Gasteiger partial charge is 0.394 e. The Kier molecular flexibility index (Phi) is 7.18. The van der Waals surface area contributed by atoms with Gasteiger partial charge in [0.05, 0.1) is 12.3 Å². The number of aryl methyl sites for hydroxylation is 3. The second-order valence-electron chi connectivity index (χ2n) is 7.70. The monoisotopic (exact) mass is 356 g/mol. The first kappa shape index (κ1) is 20.4. The topological polar surface area (TPSA) is 68.2 Å². The van der Waals surface area contributed by atoms with Crippen molar-refractivity contribution < 1.29 is 9.90 Å². The smallest absolute Gasteiger partial charge is 0.179 e. The van der Waals surface area contributed by atoms with E-state index in [1.54, 1.807) is 0 Å². The predicted octanol–water partition coefficient (Wildman–Crippen LogP) is 3.57. The molecule has 4 heteroatoms. The van der Waals surface area contributed by atoms with Gasteiger partial charge in [0.2, 0.25) is 0 Å². The SMILES string of the molecule is Cc1cccc(CCCCC(=O)c2ccc(CC[C@@](C)(N)CO)n2C)c1. The van der Waals surface area contributed by atoms with Gasteiger partial charge in [0, 0.05) is 24.7 Å². The number of hydrogen-bond acceptors (Lipinski definition) is 3. The highest BCUT2D eigenvalue weighted by Gasteiger charge is 2.19. The van der Waals surface area contributed by atoms with Crippen LogP contribution in [-0.2, 0) is 19.9 Å². The number of Topliss-reactive ketones (excluding diaryl/α,β-unsaturated/α-hetero) is 1. The zero-order valence-corrected chi connectivity index (χ0v) is 16.3. The van der Waals surface area contributed by atoms with Gasteiger partial charge in [-0.1, -0.05) is 29.8 Å². The number of ketones is 1. The molecule has 0 saturated carbocycles. The van der Waals surface area contributed by atoms with Gasteiger partial charge in [-0.25, -0.2) is 0 Å². The van der Waals surface area contributed by atoms with E-state index in [-0.39, 0.29) is 12.4 Å². The molecule has 1 heterocycles. The van der Waals surface area contributed by atoms with Crippen molar-refractivity contribution in [3.63, 3.8) is 0 Å². The van der Waals surface area contributed by atoms with Crippen LogP contribution in [0.15, 0.2) is 36.4 Å². The molecule has 3 N–H and O–H groups in total. The average Bonchev–Trinajstić information content (AvgIpc) is 2.98. The number of rotatable bonds is 10. The Bertz CT molecular complexity index is 731. The number of benzene rings is 1. The van der Waals surface area contributed by atoms with Crippen molar-refractivity contribution in [2.75, 3.05) is 6.61 Å². The molecule has 2 rings (SSSR count). The van der Waals surface area contributed by atoms with E-state index in [0.29, 0.717) is 12.8 Å². The molecule has 1 aromatic carbocycles. The van der Waals surface area contributed by atoms with Gasteiger partial charge in [-0.15, -0.1) is 0 Å². The lowest BCUT2D eigenvalue weighted by atomic mass is 9.97. The van der Waals surface area contributed by atoms with E-state index in [9.17, 15) is 9.90 Å². The highest BCUT2D eigenvalue weighted by atomic mass is 16.3. The summed E-state index contributed by atoms with van der Waals surface area (Å²) in [5, 5.41) is 9.27. The third-order valence-corrected chi connectivity index (χ3v) is 5.03. The van der Waals surface area contributed by atoms with Gasteiger partial charge in [0.15, 0.2) is 5.78 Å². The van der Waals surface area contributed by atoms with Crippen molar-refractivity contribution in [3.05, 3.63) is 58.9 Å². The Labute approximate surface area is 157 Å². The lowest BCUT2D eigenvalue weighted by Gasteiger charge is -2.21. The van der Waals surface area contributed by atoms with Crippen LogP contribution in [0.4, 0.5) is 0 Å². The van der Waals surface area contributed by atoms with Gasteiger partial charge >= 0.3 is 0 Å². The molecule has 26 heavy (non-hydrogen) atoms. The molecule has 0 unspecified atom stereocenters. The maximum Gasteiger partial charge on any atom is 0.179 e. The molecule has 4 nitrogen and oxygen atoms in total. The van der Waals surface area contributed by atoms with Crippen LogP contribution >= 0.6 is 0 Å². The summed E-state index contributed by atoms with van der Waals surface area (Å²) < 4.78 is 1.97. The van der Waals surface area contributed by atoms with Gasteiger partial charge in [0.25, 0.3) is 0 Å². The van der Waals surface area contributed by atoms with Crippen LogP contribution < -0.4 is 5.73 Å². The number of nitrogens with zero attached hydrogens (tertiary/aromatic N) is 1. The van der Waals surface area contributed by atoms with Gasteiger partial charge in [-0.2, -0.15) is 0 Å². The minimum absolute atomic E-state index is 0.0376. The van der Waals surface area contributed by atoms with E-state index < -0.39 is 5.54 Å². The summed E-state index contributed by atoms with van der Waals surface area (Å²) >= 11 is 0. The Morgan fingerprint density at radius 3 is 2.65 bits per heavy atom. The van der Waals surface area contributed by atoms with E-state index in [4.69, 9.17) is 5.73 Å². The van der Waals surface area contributed by atoms with Crippen molar-refractivity contribution in [2.45, 2.75) is 57.9 Å². The standard InChI is InChI=1S/C22H32N2O2/c1-17-7-6-9-18(15-17)8-4-5-10-21(26)20-12-11-19(24(20)3)13-14-22(2,23)16-25/h6-7,9,11-12,15,25H,4-5,8,10,13-14,16,23H2,1-3H3/t22-/m1/s1. The molecule has 0 aliphatic rings. The van der Waals surface area contributed by atoms with Gasteiger partial charge in [0.1, 0.15) is 0 Å². The third-order valence-electron chi connectivity index (χ3n) is 5.03. The predicted molar refractivity (Wildman–Crippen MR) is 106 cm³/mol. The summed E-state index contributed by atoms with van der Waals surface area (Å²) in [6.07, 6.45) is 4.96. The van der Waals surface area contributed by atoms with Crippen molar-refractivity contribution in [3.8, 4) is 0 Å². The molecule has 0 fully saturated rings. The van der Waals surface area contributed by atoms with E-state index in [1.807, 2.05) is 30.7 Å². The van der Waals surface area contributed by atoms with E-state index >= 15 is 0 Å². The summed E-state index contributed by atoms with van der Waals surface area (Å²) in [6.45, 7) is 3.91. The molecule has 0 bridgehead atoms. The second kappa shape index (κ2) is 9.15. The molecular weight excluding hydrogens is 324 g/mol. The van der Waals surface area contributed by atoms with Crippen LogP contribution in [0.1, 0.15) is 59.9 Å². The van der Waals surface area contributed by atoms with Gasteiger partial charge in [-0.05, 0) is 63.6 Å². The number of aliphatic hydroxyl groups excluding tert-OH is 1. The normalized spacial score (nSPS) is 13.6. The molecule has 1 aromatic heterocycles. The fourth-order valence-electron chi connectivity index (χ4n) is 3.19. The molecule has 142 valence electrons. The van der Waals surface area contributed by atoms with Crippen molar-refractivity contribution in [2.24, 2.45) is 12.8 Å². The number of nitrogens with two attached hydrogens (primary N) is 1. The minimum atomic E-state index is -0.579. The number of carbonyl (C=O) groups is 1. The van der Waals surface area contributed by atoms with Crippen LogP contribution in [0.5, 0.6) is 0 Å². The van der Waals surface area contributed by atoms with E-state index in [1.165, 1.54) is 11.1 Å². The molecule has 0 spiro atoms. The lowest BCUT2D eigenvalue weighted by molar-refractivity contribution is 0.0971. The first-order valence-corrected chi connectivity index (χ1v) is 9.45. The van der Waals surface area contributed by atoms with Crippen molar-refractivity contribution in [1.29, 1.82) is 0 Å². The molecular formula is C22H32N2O2. The van der Waals surface area contributed by atoms with Gasteiger partial charge < -0.3 is 15.4 Å². The van der Waals surface area contributed by atoms with Crippen LogP contribution in [0.3, 0.4) is 0 Å². The Hall–Kier alpha value is -1.91.